The van der Waals surface area contributed by atoms with E-state index < -0.39 is 23.1 Å². The Morgan fingerprint density at radius 3 is 2.66 bits per heavy atom. The second-order valence-electron chi connectivity index (χ2n) is 11.3. The molecule has 2 N–H and O–H groups in total. The molecule has 3 aromatic heterocycles. The Hall–Kier alpha value is -3.98. The summed E-state index contributed by atoms with van der Waals surface area (Å²) in [5, 5.41) is 10.3. The molecular formula is C33H33F4N7OS2. The molecule has 4 heterocycles. The largest absolute Gasteiger partial charge is 0.417 e. The van der Waals surface area contributed by atoms with Crippen molar-refractivity contribution in [2.24, 2.45) is 0 Å². The summed E-state index contributed by atoms with van der Waals surface area (Å²) >= 11 is 2.85. The summed E-state index contributed by atoms with van der Waals surface area (Å²) in [4.78, 5) is 25.0. The molecule has 8 nitrogen and oxygen atoms in total. The number of benzene rings is 2. The van der Waals surface area contributed by atoms with Gasteiger partial charge in [-0.15, -0.1) is 0 Å². The van der Waals surface area contributed by atoms with E-state index in [1.54, 1.807) is 35.0 Å². The van der Waals surface area contributed by atoms with Gasteiger partial charge in [-0.1, -0.05) is 24.1 Å². The molecule has 0 amide bonds. The number of piperazine rings is 1. The minimum Gasteiger partial charge on any atom is -0.364 e. The Bertz CT molecular complexity index is 1950. The van der Waals surface area contributed by atoms with Gasteiger partial charge in [0.05, 0.1) is 11.3 Å². The van der Waals surface area contributed by atoms with Gasteiger partial charge in [-0.3, -0.25) is 13.7 Å². The van der Waals surface area contributed by atoms with Crippen LogP contribution in [0.3, 0.4) is 0 Å². The molecule has 246 valence electrons. The molecule has 1 atom stereocenters. The molecule has 1 aliphatic rings. The highest BCUT2D eigenvalue weighted by molar-refractivity contribution is 7.96. The molecule has 5 aromatic rings. The maximum atomic E-state index is 15.2. The number of hydrogen-bond acceptors (Lipinski definition) is 9. The summed E-state index contributed by atoms with van der Waals surface area (Å²) in [6.45, 7) is 4.84. The second kappa shape index (κ2) is 13.6. The number of hydrogen-bond donors (Lipinski definition) is 2. The van der Waals surface area contributed by atoms with Crippen LogP contribution >= 0.6 is 23.3 Å². The molecule has 2 aromatic carbocycles. The number of anilines is 3. The van der Waals surface area contributed by atoms with Crippen LogP contribution in [0.25, 0.3) is 33.3 Å². The molecule has 0 aliphatic carbocycles. The topological polar surface area (TPSA) is 78.3 Å². The van der Waals surface area contributed by atoms with E-state index in [4.69, 9.17) is 0 Å². The number of pyridine rings is 1. The third kappa shape index (κ3) is 7.00. The predicted molar refractivity (Wildman–Crippen MR) is 183 cm³/mol. The Labute approximate surface area is 277 Å². The lowest BCUT2D eigenvalue weighted by Crippen LogP contribution is -2.50. The van der Waals surface area contributed by atoms with Crippen molar-refractivity contribution < 1.29 is 17.6 Å². The number of nitrogens with zero attached hydrogens (tertiary/aromatic N) is 5. The van der Waals surface area contributed by atoms with Gasteiger partial charge in [0.25, 0.3) is 5.56 Å². The molecule has 1 saturated heterocycles. The number of fused-ring (bicyclic) bond motifs is 1. The van der Waals surface area contributed by atoms with Gasteiger partial charge in [-0.2, -0.15) is 29.5 Å². The molecule has 0 radical (unpaired) electrons. The number of nitrogens with one attached hydrogen (secondary N) is 2. The smallest absolute Gasteiger partial charge is 0.364 e. The van der Waals surface area contributed by atoms with E-state index in [-0.39, 0.29) is 35.3 Å². The fourth-order valence-corrected chi connectivity index (χ4v) is 6.65. The molecule has 1 unspecified atom stereocenters. The number of aromatic nitrogens is 3. The van der Waals surface area contributed by atoms with Crippen LogP contribution in [0.15, 0.2) is 70.3 Å². The lowest BCUT2D eigenvalue weighted by Gasteiger charge is -2.36. The minimum absolute atomic E-state index is 0.0994. The normalized spacial score (nSPS) is 15.5. The van der Waals surface area contributed by atoms with Crippen molar-refractivity contribution in [3.8, 4) is 22.3 Å². The van der Waals surface area contributed by atoms with E-state index in [2.05, 4.69) is 20.6 Å². The monoisotopic (exact) mass is 683 g/mol. The van der Waals surface area contributed by atoms with Crippen molar-refractivity contribution in [3.05, 3.63) is 87.2 Å². The summed E-state index contributed by atoms with van der Waals surface area (Å²) in [7, 11) is 1.86. The summed E-state index contributed by atoms with van der Waals surface area (Å²) in [5.74, 6) is -0.271. The maximum absolute atomic E-state index is 15.2. The van der Waals surface area contributed by atoms with Crippen LogP contribution in [0.4, 0.5) is 34.9 Å². The molecule has 1 fully saturated rings. The van der Waals surface area contributed by atoms with Crippen LogP contribution in [0, 0.1) is 5.82 Å². The Balaban J connectivity index is 1.40. The van der Waals surface area contributed by atoms with Crippen LogP contribution in [-0.2, 0) is 12.7 Å². The third-order valence-electron chi connectivity index (χ3n) is 8.26. The molecule has 0 saturated carbocycles. The quantitative estimate of drug-likeness (QED) is 0.126. The highest BCUT2D eigenvalue weighted by Gasteiger charge is 2.35. The number of halogens is 4. The predicted octanol–water partition coefficient (Wildman–Crippen LogP) is 7.10. The average Bonchev–Trinajstić information content (AvgIpc) is 3.59. The van der Waals surface area contributed by atoms with Gasteiger partial charge in [-0.05, 0) is 84.1 Å². The van der Waals surface area contributed by atoms with Crippen molar-refractivity contribution in [3.63, 3.8) is 0 Å². The van der Waals surface area contributed by atoms with Crippen molar-refractivity contribution in [2.45, 2.75) is 25.7 Å². The van der Waals surface area contributed by atoms with Crippen LogP contribution in [0.5, 0.6) is 0 Å². The van der Waals surface area contributed by atoms with Gasteiger partial charge in [0, 0.05) is 61.6 Å². The zero-order chi connectivity index (χ0) is 33.3. The highest BCUT2D eigenvalue weighted by Crippen LogP contribution is 2.39. The first-order valence-electron chi connectivity index (χ1n) is 15.0. The zero-order valence-electron chi connectivity index (χ0n) is 25.9. The van der Waals surface area contributed by atoms with E-state index >= 15 is 4.39 Å². The standard InChI is InChI=1S/C33H33F4N7OS2/c1-20-17-38-9-10-43(20)29-7-5-24(16-28(29)34)40-32-39-18-23-14-26(31(45)44(30(23)41-32)12-11-42(2)46-3)25-6-4-21(22-8-13-47-19-22)15-27(25)33(35,36)37/h4-8,13-16,18-20,38H,9-12,17H2,1-3H3,(H,39,40,41). The van der Waals surface area contributed by atoms with E-state index in [1.165, 1.54) is 52.2 Å². The van der Waals surface area contributed by atoms with Crippen LogP contribution < -0.4 is 21.1 Å². The lowest BCUT2D eigenvalue weighted by molar-refractivity contribution is -0.137. The van der Waals surface area contributed by atoms with Crippen LogP contribution in [0.1, 0.15) is 12.5 Å². The first kappa shape index (κ1) is 32.9. The van der Waals surface area contributed by atoms with E-state index in [9.17, 15) is 18.0 Å². The molecule has 6 rings (SSSR count). The minimum atomic E-state index is -4.70. The number of likely N-dealkylation sites (N-methyl/N-ethyl adjacent to an activating group) is 1. The lowest BCUT2D eigenvalue weighted by atomic mass is 9.95. The fraction of sp³-hybridized carbons (Fsp3) is 0.303. The number of alkyl halides is 3. The van der Waals surface area contributed by atoms with Gasteiger partial charge < -0.3 is 15.5 Å². The number of thiophene rings is 1. The molecule has 0 spiro atoms. The van der Waals surface area contributed by atoms with Crippen LogP contribution in [0.2, 0.25) is 0 Å². The summed E-state index contributed by atoms with van der Waals surface area (Å²) in [6, 6.07) is 12.2. The fourth-order valence-electron chi connectivity index (χ4n) is 5.72. The first-order chi connectivity index (χ1) is 22.5. The van der Waals surface area contributed by atoms with E-state index in [1.807, 2.05) is 29.4 Å². The van der Waals surface area contributed by atoms with Crippen molar-refractivity contribution in [2.75, 3.05) is 49.7 Å². The van der Waals surface area contributed by atoms with E-state index in [0.717, 1.165) is 19.2 Å². The first-order valence-corrected chi connectivity index (χ1v) is 17.1. The Kier molecular flexibility index (Phi) is 9.55. The zero-order valence-corrected chi connectivity index (χ0v) is 27.6. The molecular weight excluding hydrogens is 651 g/mol. The Morgan fingerprint density at radius 1 is 1.13 bits per heavy atom. The highest BCUT2D eigenvalue weighted by atomic mass is 32.2. The van der Waals surface area contributed by atoms with Gasteiger partial charge in [-0.25, -0.2) is 9.37 Å². The van der Waals surface area contributed by atoms with E-state index in [0.29, 0.717) is 41.0 Å². The average molecular weight is 684 g/mol. The molecule has 14 heteroatoms. The van der Waals surface area contributed by atoms with Crippen molar-refractivity contribution in [1.82, 2.24) is 24.2 Å². The van der Waals surface area contributed by atoms with Gasteiger partial charge in [0.15, 0.2) is 0 Å². The van der Waals surface area contributed by atoms with Crippen molar-refractivity contribution >= 4 is 51.6 Å². The molecule has 47 heavy (non-hydrogen) atoms. The second-order valence-corrected chi connectivity index (χ2v) is 13.1. The Morgan fingerprint density at radius 2 is 1.96 bits per heavy atom. The van der Waals surface area contributed by atoms with Crippen LogP contribution in [-0.4, -0.2) is 64.4 Å². The number of rotatable bonds is 9. The summed E-state index contributed by atoms with van der Waals surface area (Å²) < 4.78 is 61.9. The van der Waals surface area contributed by atoms with Gasteiger partial charge in [0.2, 0.25) is 5.95 Å². The summed E-state index contributed by atoms with van der Waals surface area (Å²) in [6.07, 6.45) is -1.35. The molecule has 1 aliphatic heterocycles. The maximum Gasteiger partial charge on any atom is 0.417 e. The van der Waals surface area contributed by atoms with Gasteiger partial charge >= 0.3 is 6.18 Å². The summed E-state index contributed by atoms with van der Waals surface area (Å²) in [5.41, 5.74) is 0.438. The van der Waals surface area contributed by atoms with Gasteiger partial charge in [0.1, 0.15) is 11.5 Å². The SMILES string of the molecule is CSN(C)CCn1c(=O)c(-c2ccc(-c3ccsc3)cc2C(F)(F)F)cc2cnc(Nc3ccc(N4CCNCC4C)c(F)c3)nc21. The van der Waals surface area contributed by atoms with Crippen molar-refractivity contribution in [1.29, 1.82) is 0 Å². The third-order valence-corrected chi connectivity index (χ3v) is 9.75. The molecule has 0 bridgehead atoms.